The number of aromatic nitrogens is 2. The Bertz CT molecular complexity index is 1000. The van der Waals surface area contributed by atoms with Gasteiger partial charge in [0.25, 0.3) is 5.56 Å². The highest BCUT2D eigenvalue weighted by Gasteiger charge is 2.17. The van der Waals surface area contributed by atoms with Crippen molar-refractivity contribution in [2.75, 3.05) is 5.32 Å². The van der Waals surface area contributed by atoms with E-state index in [1.807, 2.05) is 30.3 Å². The fourth-order valence-corrected chi connectivity index (χ4v) is 2.72. The number of anilines is 2. The van der Waals surface area contributed by atoms with E-state index in [2.05, 4.69) is 5.32 Å². The average molecular weight is 339 g/mol. The van der Waals surface area contributed by atoms with Gasteiger partial charge >= 0.3 is 0 Å². The van der Waals surface area contributed by atoms with Crippen molar-refractivity contribution in [1.29, 1.82) is 0 Å². The summed E-state index contributed by atoms with van der Waals surface area (Å²) in [4.78, 5) is 24.4. The predicted octanol–water partition coefficient (Wildman–Crippen LogP) is 3.57. The largest absolute Gasteiger partial charge is 0.349 e. The zero-order chi connectivity index (χ0) is 18.1. The normalized spacial score (nSPS) is 10.7. The number of para-hydroxylation sites is 1. The number of benzene rings is 2. The highest BCUT2D eigenvalue weighted by atomic mass is 19.1. The maximum atomic E-state index is 13.8. The van der Waals surface area contributed by atoms with E-state index in [0.29, 0.717) is 17.1 Å². The number of halogens is 1. The van der Waals surface area contributed by atoms with Gasteiger partial charge in [0, 0.05) is 18.3 Å². The highest BCUT2D eigenvalue weighted by molar-refractivity contribution is 5.95. The van der Waals surface area contributed by atoms with Gasteiger partial charge < -0.3 is 5.32 Å². The molecule has 0 radical (unpaired) electrons. The van der Waals surface area contributed by atoms with Crippen molar-refractivity contribution in [3.05, 3.63) is 76.0 Å². The molecule has 0 saturated heterocycles. The van der Waals surface area contributed by atoms with Crippen LogP contribution in [0.4, 0.5) is 15.8 Å². The lowest BCUT2D eigenvalue weighted by atomic mass is 10.1. The summed E-state index contributed by atoms with van der Waals surface area (Å²) in [5.41, 5.74) is 2.12. The summed E-state index contributed by atoms with van der Waals surface area (Å²) in [6, 6.07) is 13.2. The maximum absolute atomic E-state index is 13.8. The fourth-order valence-electron chi connectivity index (χ4n) is 2.72. The van der Waals surface area contributed by atoms with Gasteiger partial charge in [0.15, 0.2) is 5.78 Å². The molecule has 5 nitrogen and oxygen atoms in total. The smallest absolute Gasteiger partial charge is 0.295 e. The minimum atomic E-state index is -0.535. The van der Waals surface area contributed by atoms with E-state index in [1.165, 1.54) is 29.8 Å². The van der Waals surface area contributed by atoms with E-state index in [9.17, 15) is 14.0 Å². The van der Waals surface area contributed by atoms with Crippen molar-refractivity contribution in [3.8, 4) is 5.69 Å². The summed E-state index contributed by atoms with van der Waals surface area (Å²) in [6.07, 6.45) is 0. The monoisotopic (exact) mass is 339 g/mol. The molecule has 0 saturated carbocycles. The van der Waals surface area contributed by atoms with Crippen molar-refractivity contribution in [3.63, 3.8) is 0 Å². The second-order valence-corrected chi connectivity index (χ2v) is 5.85. The minimum Gasteiger partial charge on any atom is -0.349 e. The Labute approximate surface area is 144 Å². The molecule has 6 heteroatoms. The second-order valence-electron chi connectivity index (χ2n) is 5.85. The predicted molar refractivity (Wildman–Crippen MR) is 95.4 cm³/mol. The van der Waals surface area contributed by atoms with Crippen molar-refractivity contribution in [2.24, 2.45) is 7.05 Å². The summed E-state index contributed by atoms with van der Waals surface area (Å²) < 4.78 is 17.0. The van der Waals surface area contributed by atoms with Crippen LogP contribution in [0.3, 0.4) is 0 Å². The molecule has 3 rings (SSSR count). The van der Waals surface area contributed by atoms with Gasteiger partial charge in [0.2, 0.25) is 0 Å². The van der Waals surface area contributed by atoms with Crippen molar-refractivity contribution < 1.29 is 9.18 Å². The van der Waals surface area contributed by atoms with Gasteiger partial charge in [-0.15, -0.1) is 0 Å². The first kappa shape index (κ1) is 16.7. The molecule has 0 bridgehead atoms. The standard InChI is InChI=1S/C19H18FN3O2/c1-12-18(21-16-10-14(13(2)24)9-15(20)11-16)19(25)23(22(12)3)17-7-5-4-6-8-17/h4-11,21H,1-3H3. The first-order chi connectivity index (χ1) is 11.9. The number of nitrogens with one attached hydrogen (secondary N) is 1. The lowest BCUT2D eigenvalue weighted by Gasteiger charge is -2.07. The van der Waals surface area contributed by atoms with Crippen LogP contribution >= 0.6 is 0 Å². The summed E-state index contributed by atoms with van der Waals surface area (Å²) in [6.45, 7) is 3.17. The van der Waals surface area contributed by atoms with Crippen LogP contribution in [-0.2, 0) is 7.05 Å². The molecule has 0 spiro atoms. The third-order valence-electron chi connectivity index (χ3n) is 4.13. The number of Topliss-reactive ketones (excluding diaryl/α,β-unsaturated/α-hetero) is 1. The molecule has 1 aromatic heterocycles. The lowest BCUT2D eigenvalue weighted by Crippen LogP contribution is -2.20. The van der Waals surface area contributed by atoms with E-state index in [4.69, 9.17) is 0 Å². The van der Waals surface area contributed by atoms with Gasteiger partial charge in [-0.2, -0.15) is 0 Å². The molecule has 0 fully saturated rings. The van der Waals surface area contributed by atoms with Gasteiger partial charge in [0.05, 0.1) is 11.4 Å². The van der Waals surface area contributed by atoms with Crippen LogP contribution in [0.5, 0.6) is 0 Å². The van der Waals surface area contributed by atoms with Crippen molar-refractivity contribution in [1.82, 2.24) is 9.36 Å². The van der Waals surface area contributed by atoms with Crippen LogP contribution in [0, 0.1) is 12.7 Å². The number of carbonyl (C=O) groups is 1. The molecule has 0 aliphatic heterocycles. The van der Waals surface area contributed by atoms with Gasteiger partial charge in [-0.05, 0) is 44.2 Å². The minimum absolute atomic E-state index is 0.242. The number of ketones is 1. The van der Waals surface area contributed by atoms with Crippen LogP contribution in [0.25, 0.3) is 5.69 Å². The number of hydrogen-bond donors (Lipinski definition) is 1. The molecule has 0 aliphatic rings. The van der Waals surface area contributed by atoms with Crippen molar-refractivity contribution in [2.45, 2.75) is 13.8 Å². The average Bonchev–Trinajstić information content (AvgIpc) is 2.79. The molecular formula is C19H18FN3O2. The summed E-state index contributed by atoms with van der Waals surface area (Å²) in [7, 11) is 1.78. The molecule has 128 valence electrons. The maximum Gasteiger partial charge on any atom is 0.295 e. The van der Waals surface area contributed by atoms with E-state index in [0.717, 1.165) is 5.69 Å². The number of carbonyl (C=O) groups excluding carboxylic acids is 1. The second kappa shape index (κ2) is 6.39. The molecule has 2 aromatic carbocycles. The van der Waals surface area contributed by atoms with Crippen LogP contribution in [0.1, 0.15) is 23.0 Å². The van der Waals surface area contributed by atoms with Gasteiger partial charge in [-0.1, -0.05) is 18.2 Å². The number of rotatable bonds is 4. The van der Waals surface area contributed by atoms with Crippen LogP contribution in [0.2, 0.25) is 0 Å². The zero-order valence-electron chi connectivity index (χ0n) is 14.2. The Hall–Kier alpha value is -3.15. The lowest BCUT2D eigenvalue weighted by molar-refractivity contribution is 0.101. The molecule has 1 heterocycles. The molecule has 1 N–H and O–H groups in total. The topological polar surface area (TPSA) is 56.0 Å². The Morgan fingerprint density at radius 1 is 1.12 bits per heavy atom. The SMILES string of the molecule is CC(=O)c1cc(F)cc(Nc2c(C)n(C)n(-c3ccccc3)c2=O)c1. The summed E-state index contributed by atoms with van der Waals surface area (Å²) >= 11 is 0. The van der Waals surface area contributed by atoms with Crippen molar-refractivity contribution >= 4 is 17.2 Å². The highest BCUT2D eigenvalue weighted by Crippen LogP contribution is 2.21. The van der Waals surface area contributed by atoms with E-state index in [-0.39, 0.29) is 16.9 Å². The Balaban J connectivity index is 2.08. The Kier molecular flexibility index (Phi) is 4.27. The Morgan fingerprint density at radius 2 is 1.80 bits per heavy atom. The first-order valence-electron chi connectivity index (χ1n) is 7.81. The summed E-state index contributed by atoms with van der Waals surface area (Å²) in [5, 5.41) is 2.96. The van der Waals surface area contributed by atoms with Crippen LogP contribution in [-0.4, -0.2) is 15.1 Å². The molecule has 0 unspecified atom stereocenters. The third kappa shape index (κ3) is 3.10. The molecule has 3 aromatic rings. The van der Waals surface area contributed by atoms with E-state index < -0.39 is 5.82 Å². The van der Waals surface area contributed by atoms with Gasteiger partial charge in [0.1, 0.15) is 11.5 Å². The number of nitrogens with zero attached hydrogens (tertiary/aromatic N) is 2. The van der Waals surface area contributed by atoms with Crippen LogP contribution in [0.15, 0.2) is 53.3 Å². The van der Waals surface area contributed by atoms with E-state index in [1.54, 1.807) is 18.7 Å². The molecule has 0 amide bonds. The molecule has 0 atom stereocenters. The van der Waals surface area contributed by atoms with Gasteiger partial charge in [-0.3, -0.25) is 14.3 Å². The van der Waals surface area contributed by atoms with E-state index >= 15 is 0 Å². The Morgan fingerprint density at radius 3 is 2.44 bits per heavy atom. The fraction of sp³-hybridized carbons (Fsp3) is 0.158. The summed E-state index contributed by atoms with van der Waals surface area (Å²) in [5.74, 6) is -0.777. The quantitative estimate of drug-likeness (QED) is 0.739. The first-order valence-corrected chi connectivity index (χ1v) is 7.81. The van der Waals surface area contributed by atoms with Crippen LogP contribution < -0.4 is 10.9 Å². The zero-order valence-corrected chi connectivity index (χ0v) is 14.2. The molecular weight excluding hydrogens is 321 g/mol. The van der Waals surface area contributed by atoms with Gasteiger partial charge in [-0.25, -0.2) is 9.07 Å². The molecule has 25 heavy (non-hydrogen) atoms. The molecule has 0 aliphatic carbocycles. The third-order valence-corrected chi connectivity index (χ3v) is 4.13. The number of hydrogen-bond acceptors (Lipinski definition) is 3.